The van der Waals surface area contributed by atoms with Gasteiger partial charge in [-0.15, -0.1) is 0 Å². The molecule has 2 unspecified atom stereocenters. The molecule has 0 spiro atoms. The lowest BCUT2D eigenvalue weighted by molar-refractivity contribution is 0.174. The van der Waals surface area contributed by atoms with Crippen LogP contribution in [-0.4, -0.2) is 20.8 Å². The monoisotopic (exact) mass is 214 g/mol. The maximum absolute atomic E-state index is 9.56. The number of halogens is 1. The van der Waals surface area contributed by atoms with Crippen molar-refractivity contribution in [3.05, 3.63) is 17.2 Å². The Morgan fingerprint density at radius 1 is 1.71 bits per heavy atom. The van der Waals surface area contributed by atoms with E-state index < -0.39 is 0 Å². The van der Waals surface area contributed by atoms with Gasteiger partial charge in [0.05, 0.1) is 12.3 Å². The van der Waals surface area contributed by atoms with Crippen LogP contribution in [0.4, 0.5) is 0 Å². The number of hydrogen-bond donors (Lipinski definition) is 1. The van der Waals surface area contributed by atoms with E-state index in [4.69, 9.17) is 11.6 Å². The predicted octanol–water partition coefficient (Wildman–Crippen LogP) is 1.88. The first-order valence-electron chi connectivity index (χ1n) is 4.89. The van der Waals surface area contributed by atoms with Crippen LogP contribution >= 0.6 is 11.6 Å². The number of aliphatic hydroxyl groups is 1. The fourth-order valence-corrected chi connectivity index (χ4v) is 2.53. The van der Waals surface area contributed by atoms with E-state index >= 15 is 0 Å². The largest absolute Gasteiger partial charge is 0.393 e. The standard InChI is InChI=1S/C10H15ClN2O/c1-10(4-3-7(14)5-10)8-6-12-9(11)13(8)2/h6-7,14H,3-5H2,1-2H3. The average molecular weight is 215 g/mol. The van der Waals surface area contributed by atoms with Gasteiger partial charge in [-0.2, -0.15) is 0 Å². The number of rotatable bonds is 1. The minimum atomic E-state index is -0.173. The van der Waals surface area contributed by atoms with Crippen molar-refractivity contribution in [3.63, 3.8) is 0 Å². The second-order valence-electron chi connectivity index (χ2n) is 4.43. The van der Waals surface area contributed by atoms with E-state index in [2.05, 4.69) is 11.9 Å². The van der Waals surface area contributed by atoms with Crippen molar-refractivity contribution in [1.29, 1.82) is 0 Å². The predicted molar refractivity (Wildman–Crippen MR) is 55.4 cm³/mol. The molecule has 0 bridgehead atoms. The number of aromatic nitrogens is 2. The van der Waals surface area contributed by atoms with Crippen LogP contribution in [0, 0.1) is 0 Å². The summed E-state index contributed by atoms with van der Waals surface area (Å²) in [6.45, 7) is 2.16. The van der Waals surface area contributed by atoms with Gasteiger partial charge >= 0.3 is 0 Å². The van der Waals surface area contributed by atoms with Gasteiger partial charge in [-0.3, -0.25) is 0 Å². The number of nitrogens with zero attached hydrogens (tertiary/aromatic N) is 2. The van der Waals surface area contributed by atoms with Gasteiger partial charge in [0.1, 0.15) is 0 Å². The van der Waals surface area contributed by atoms with Crippen molar-refractivity contribution in [3.8, 4) is 0 Å². The first-order valence-corrected chi connectivity index (χ1v) is 5.26. The summed E-state index contributed by atoms with van der Waals surface area (Å²) in [5.74, 6) is 0. The summed E-state index contributed by atoms with van der Waals surface area (Å²) in [5, 5.41) is 10.1. The van der Waals surface area contributed by atoms with Gasteiger partial charge in [-0.05, 0) is 30.9 Å². The minimum Gasteiger partial charge on any atom is -0.393 e. The van der Waals surface area contributed by atoms with Crippen molar-refractivity contribution >= 4 is 11.6 Å². The molecule has 1 aromatic heterocycles. The Balaban J connectivity index is 2.35. The number of hydrogen-bond acceptors (Lipinski definition) is 2. The van der Waals surface area contributed by atoms with Crippen LogP contribution in [0.3, 0.4) is 0 Å². The zero-order valence-corrected chi connectivity index (χ0v) is 9.25. The topological polar surface area (TPSA) is 38.0 Å². The number of imidazole rings is 1. The van der Waals surface area contributed by atoms with E-state index in [0.29, 0.717) is 5.28 Å². The Labute approximate surface area is 88.7 Å². The maximum Gasteiger partial charge on any atom is 0.202 e. The lowest BCUT2D eigenvalue weighted by Crippen LogP contribution is -2.22. The van der Waals surface area contributed by atoms with E-state index in [0.717, 1.165) is 25.0 Å². The first kappa shape index (κ1) is 9.99. The first-order chi connectivity index (χ1) is 6.53. The van der Waals surface area contributed by atoms with Crippen LogP contribution in [0.25, 0.3) is 0 Å². The zero-order chi connectivity index (χ0) is 10.3. The minimum absolute atomic E-state index is 0.0360. The molecular weight excluding hydrogens is 200 g/mol. The summed E-state index contributed by atoms with van der Waals surface area (Å²) in [6, 6.07) is 0. The van der Waals surface area contributed by atoms with E-state index in [1.807, 2.05) is 17.8 Å². The van der Waals surface area contributed by atoms with Crippen molar-refractivity contribution in [2.24, 2.45) is 7.05 Å². The molecule has 0 saturated heterocycles. The Hall–Kier alpha value is -0.540. The summed E-state index contributed by atoms with van der Waals surface area (Å²) in [7, 11) is 1.92. The molecular formula is C10H15ClN2O. The normalized spacial score (nSPS) is 32.4. The van der Waals surface area contributed by atoms with E-state index in [1.54, 1.807) is 0 Å². The molecule has 78 valence electrons. The Morgan fingerprint density at radius 3 is 2.86 bits per heavy atom. The van der Waals surface area contributed by atoms with Gasteiger partial charge in [-0.25, -0.2) is 4.98 Å². The molecule has 14 heavy (non-hydrogen) atoms. The highest BCUT2D eigenvalue weighted by atomic mass is 35.5. The maximum atomic E-state index is 9.56. The molecule has 0 aliphatic heterocycles. The molecule has 1 saturated carbocycles. The lowest BCUT2D eigenvalue weighted by Gasteiger charge is -2.23. The number of aliphatic hydroxyl groups excluding tert-OH is 1. The van der Waals surface area contributed by atoms with Gasteiger partial charge in [-0.1, -0.05) is 6.92 Å². The van der Waals surface area contributed by atoms with Crippen LogP contribution in [0.2, 0.25) is 5.28 Å². The summed E-state index contributed by atoms with van der Waals surface area (Å²) in [4.78, 5) is 4.08. The van der Waals surface area contributed by atoms with Crippen LogP contribution in [0.15, 0.2) is 6.20 Å². The zero-order valence-electron chi connectivity index (χ0n) is 8.50. The fraction of sp³-hybridized carbons (Fsp3) is 0.700. The highest BCUT2D eigenvalue weighted by molar-refractivity contribution is 6.28. The van der Waals surface area contributed by atoms with E-state index in [9.17, 15) is 5.11 Å². The fourth-order valence-electron chi connectivity index (χ4n) is 2.39. The summed E-state index contributed by atoms with van der Waals surface area (Å²) >= 11 is 5.90. The quantitative estimate of drug-likeness (QED) is 0.775. The molecule has 1 aliphatic rings. The molecule has 0 radical (unpaired) electrons. The molecule has 1 heterocycles. The third-order valence-electron chi connectivity index (χ3n) is 3.27. The van der Waals surface area contributed by atoms with Crippen LogP contribution in [0.5, 0.6) is 0 Å². The average Bonchev–Trinajstić information content (AvgIpc) is 2.60. The smallest absolute Gasteiger partial charge is 0.202 e. The lowest BCUT2D eigenvalue weighted by atomic mass is 9.85. The Morgan fingerprint density at radius 2 is 2.43 bits per heavy atom. The second kappa shape index (κ2) is 3.24. The van der Waals surface area contributed by atoms with Crippen molar-refractivity contribution in [2.75, 3.05) is 0 Å². The highest BCUT2D eigenvalue weighted by Gasteiger charge is 2.38. The van der Waals surface area contributed by atoms with E-state index in [-0.39, 0.29) is 11.5 Å². The Bertz CT molecular complexity index is 350. The molecule has 1 aromatic rings. The summed E-state index contributed by atoms with van der Waals surface area (Å²) in [6.07, 6.45) is 4.33. The Kier molecular flexibility index (Phi) is 2.32. The van der Waals surface area contributed by atoms with Gasteiger partial charge in [0.15, 0.2) is 0 Å². The second-order valence-corrected chi connectivity index (χ2v) is 4.77. The van der Waals surface area contributed by atoms with Gasteiger partial charge < -0.3 is 9.67 Å². The third-order valence-corrected chi connectivity index (χ3v) is 3.62. The molecule has 2 rings (SSSR count). The molecule has 1 fully saturated rings. The van der Waals surface area contributed by atoms with Gasteiger partial charge in [0.2, 0.25) is 5.28 Å². The van der Waals surface area contributed by atoms with Crippen LogP contribution in [0.1, 0.15) is 31.9 Å². The van der Waals surface area contributed by atoms with Gasteiger partial charge in [0.25, 0.3) is 0 Å². The van der Waals surface area contributed by atoms with Crippen molar-refractivity contribution < 1.29 is 5.11 Å². The van der Waals surface area contributed by atoms with Crippen LogP contribution < -0.4 is 0 Å². The molecule has 0 amide bonds. The molecule has 1 aliphatic carbocycles. The molecule has 0 aromatic carbocycles. The highest BCUT2D eigenvalue weighted by Crippen LogP contribution is 2.40. The third kappa shape index (κ3) is 1.44. The van der Waals surface area contributed by atoms with Crippen LogP contribution in [-0.2, 0) is 12.5 Å². The molecule has 3 nitrogen and oxygen atoms in total. The molecule has 1 N–H and O–H groups in total. The van der Waals surface area contributed by atoms with Crippen molar-refractivity contribution in [1.82, 2.24) is 9.55 Å². The SMILES string of the molecule is Cn1c(C2(C)CCC(O)C2)cnc1Cl. The summed E-state index contributed by atoms with van der Waals surface area (Å²) < 4.78 is 1.90. The van der Waals surface area contributed by atoms with E-state index in [1.165, 1.54) is 0 Å². The van der Waals surface area contributed by atoms with Gasteiger partial charge in [0, 0.05) is 18.2 Å². The summed E-state index contributed by atoms with van der Waals surface area (Å²) in [5.41, 5.74) is 1.16. The molecule has 2 atom stereocenters. The molecule has 4 heteroatoms. The van der Waals surface area contributed by atoms with Crippen molar-refractivity contribution in [2.45, 2.75) is 37.7 Å².